The first-order chi connectivity index (χ1) is 15.3. The quantitative estimate of drug-likeness (QED) is 0.408. The summed E-state index contributed by atoms with van der Waals surface area (Å²) in [5, 5.41) is 14.0. The van der Waals surface area contributed by atoms with Crippen LogP contribution in [0.15, 0.2) is 63.5 Å². The van der Waals surface area contributed by atoms with Gasteiger partial charge in [0.15, 0.2) is 0 Å². The van der Waals surface area contributed by atoms with Crippen molar-refractivity contribution in [3.05, 3.63) is 71.6 Å². The molecule has 0 bridgehead atoms. The lowest BCUT2D eigenvalue weighted by molar-refractivity contribution is 0.102. The van der Waals surface area contributed by atoms with E-state index in [9.17, 15) is 13.2 Å². The lowest BCUT2D eigenvalue weighted by atomic mass is 10.1. The number of benzene rings is 2. The molecule has 12 heteroatoms. The zero-order valence-corrected chi connectivity index (χ0v) is 18.7. The second-order valence-electron chi connectivity index (χ2n) is 6.84. The highest BCUT2D eigenvalue weighted by Gasteiger charge is 2.28. The van der Waals surface area contributed by atoms with E-state index in [0.29, 0.717) is 11.4 Å². The third-order valence-electron chi connectivity index (χ3n) is 4.40. The zero-order valence-electron chi connectivity index (χ0n) is 17.1. The highest BCUT2D eigenvalue weighted by molar-refractivity contribution is 7.91. The highest BCUT2D eigenvalue weighted by atomic mass is 32.2. The molecule has 0 aliphatic carbocycles. The van der Waals surface area contributed by atoms with Crippen LogP contribution >= 0.6 is 11.3 Å². The molecule has 0 aliphatic rings. The fraction of sp³-hybridized carbons (Fsp3) is 0.150. The number of hydrogen-bond acceptors (Lipinski definition) is 9. The molecule has 164 valence electrons. The molecule has 0 saturated heterocycles. The van der Waals surface area contributed by atoms with E-state index >= 15 is 0 Å². The van der Waals surface area contributed by atoms with Gasteiger partial charge in [-0.2, -0.15) is 9.29 Å². The van der Waals surface area contributed by atoms with Crippen LogP contribution in [0.1, 0.15) is 21.8 Å². The van der Waals surface area contributed by atoms with Gasteiger partial charge >= 0.3 is 0 Å². The van der Waals surface area contributed by atoms with E-state index in [2.05, 4.69) is 25.7 Å². The number of sulfonamides is 1. The minimum Gasteiger partial charge on any atom is -0.338 e. The number of carbonyl (C=O) groups excluding carboxylic acids is 1. The summed E-state index contributed by atoms with van der Waals surface area (Å²) < 4.78 is 31.7. The molecule has 1 N–H and O–H groups in total. The molecule has 2 aromatic carbocycles. The molecule has 4 aromatic rings. The molecule has 0 spiro atoms. The van der Waals surface area contributed by atoms with Gasteiger partial charge in [0.1, 0.15) is 0 Å². The first-order valence-electron chi connectivity index (χ1n) is 9.39. The standard InChI is InChI=1S/C20H18N6O4S2/c1-13-7-6-10-15(11-13)18(27)22-19-23-24-20(31-19)32(28,29)26(2)12-16-21-17(25-30-16)14-8-4-3-5-9-14/h3-11H,12H2,1-2H3,(H,22,23,27). The predicted octanol–water partition coefficient (Wildman–Crippen LogP) is 2.97. The number of aryl methyl sites for hydroxylation is 1. The molecule has 0 aliphatic heterocycles. The lowest BCUT2D eigenvalue weighted by Crippen LogP contribution is -2.26. The third-order valence-corrected chi connectivity index (χ3v) is 7.38. The van der Waals surface area contributed by atoms with Crippen molar-refractivity contribution in [2.75, 3.05) is 12.4 Å². The first-order valence-corrected chi connectivity index (χ1v) is 11.6. The van der Waals surface area contributed by atoms with E-state index in [1.54, 1.807) is 18.2 Å². The van der Waals surface area contributed by atoms with E-state index in [-0.39, 0.29) is 21.9 Å². The summed E-state index contributed by atoms with van der Waals surface area (Å²) in [4.78, 5) is 16.6. The van der Waals surface area contributed by atoms with Crippen LogP contribution in [-0.2, 0) is 16.6 Å². The maximum atomic E-state index is 12.9. The Labute approximate surface area is 188 Å². The zero-order chi connectivity index (χ0) is 22.7. The number of nitrogens with one attached hydrogen (secondary N) is 1. The van der Waals surface area contributed by atoms with Gasteiger partial charge in [0.05, 0.1) is 6.54 Å². The van der Waals surface area contributed by atoms with E-state index < -0.39 is 15.9 Å². The van der Waals surface area contributed by atoms with Crippen molar-refractivity contribution in [3.8, 4) is 11.4 Å². The average molecular weight is 471 g/mol. The number of amides is 1. The Balaban J connectivity index is 1.45. The van der Waals surface area contributed by atoms with Crippen molar-refractivity contribution < 1.29 is 17.7 Å². The Morgan fingerprint density at radius 1 is 1.12 bits per heavy atom. The molecule has 4 rings (SSSR count). The Bertz CT molecular complexity index is 1350. The van der Waals surface area contributed by atoms with Gasteiger partial charge in [-0.3, -0.25) is 10.1 Å². The van der Waals surface area contributed by atoms with Gasteiger partial charge in [-0.05, 0) is 19.1 Å². The van der Waals surface area contributed by atoms with E-state index in [4.69, 9.17) is 4.52 Å². The Morgan fingerprint density at radius 3 is 2.66 bits per heavy atom. The second kappa shape index (κ2) is 8.94. The highest BCUT2D eigenvalue weighted by Crippen LogP contribution is 2.24. The first kappa shape index (κ1) is 21.7. The molecule has 0 atom stereocenters. The summed E-state index contributed by atoms with van der Waals surface area (Å²) in [6.45, 7) is 1.72. The number of rotatable bonds is 7. The van der Waals surface area contributed by atoms with Crippen molar-refractivity contribution in [1.29, 1.82) is 0 Å². The SMILES string of the molecule is Cc1cccc(C(=O)Nc2nnc(S(=O)(=O)N(C)Cc3nc(-c4ccccc4)no3)s2)c1. The van der Waals surface area contributed by atoms with Gasteiger partial charge in [0, 0.05) is 18.2 Å². The summed E-state index contributed by atoms with van der Waals surface area (Å²) in [5.74, 6) is 0.0948. The lowest BCUT2D eigenvalue weighted by Gasteiger charge is -2.11. The van der Waals surface area contributed by atoms with Crippen molar-refractivity contribution in [3.63, 3.8) is 0 Å². The van der Waals surface area contributed by atoms with Crippen LogP contribution < -0.4 is 5.32 Å². The molecule has 32 heavy (non-hydrogen) atoms. The molecule has 2 aromatic heterocycles. The summed E-state index contributed by atoms with van der Waals surface area (Å²) in [5.41, 5.74) is 2.12. The van der Waals surface area contributed by atoms with Gasteiger partial charge in [-0.1, -0.05) is 64.5 Å². The Morgan fingerprint density at radius 2 is 1.91 bits per heavy atom. The normalized spacial score (nSPS) is 11.6. The maximum Gasteiger partial charge on any atom is 0.272 e. The average Bonchev–Trinajstić information content (AvgIpc) is 3.44. The fourth-order valence-electron chi connectivity index (χ4n) is 2.75. The fourth-order valence-corrected chi connectivity index (χ4v) is 4.96. The molecular formula is C20H18N6O4S2. The van der Waals surface area contributed by atoms with Gasteiger partial charge in [0.25, 0.3) is 15.9 Å². The molecule has 0 unspecified atom stereocenters. The Kier molecular flexibility index (Phi) is 6.08. The molecule has 0 fully saturated rings. The molecule has 0 saturated carbocycles. The third kappa shape index (κ3) is 4.72. The molecule has 0 radical (unpaired) electrons. The van der Waals surface area contributed by atoms with Crippen LogP contribution in [0.4, 0.5) is 5.13 Å². The Hall–Kier alpha value is -3.48. The van der Waals surface area contributed by atoms with Gasteiger partial charge in [-0.25, -0.2) is 8.42 Å². The van der Waals surface area contributed by atoms with Gasteiger partial charge in [-0.15, -0.1) is 10.2 Å². The largest absolute Gasteiger partial charge is 0.338 e. The topological polar surface area (TPSA) is 131 Å². The number of anilines is 1. The monoisotopic (exact) mass is 470 g/mol. The minimum atomic E-state index is -3.98. The number of nitrogens with zero attached hydrogens (tertiary/aromatic N) is 5. The number of hydrogen-bond donors (Lipinski definition) is 1. The maximum absolute atomic E-state index is 12.9. The van der Waals surface area contributed by atoms with E-state index in [1.807, 2.05) is 43.3 Å². The van der Waals surface area contributed by atoms with Gasteiger partial charge in [0.2, 0.25) is 21.2 Å². The van der Waals surface area contributed by atoms with E-state index in [1.165, 1.54) is 7.05 Å². The molecular weight excluding hydrogens is 452 g/mol. The summed E-state index contributed by atoms with van der Waals surface area (Å²) in [6, 6.07) is 16.2. The summed E-state index contributed by atoms with van der Waals surface area (Å²) in [7, 11) is -2.61. The number of aromatic nitrogens is 4. The molecule has 10 nitrogen and oxygen atoms in total. The van der Waals surface area contributed by atoms with Crippen molar-refractivity contribution >= 4 is 32.4 Å². The molecule has 2 heterocycles. The predicted molar refractivity (Wildman–Crippen MR) is 117 cm³/mol. The summed E-state index contributed by atoms with van der Waals surface area (Å²) in [6.07, 6.45) is 0. The van der Waals surface area contributed by atoms with Crippen LogP contribution in [0, 0.1) is 6.92 Å². The van der Waals surface area contributed by atoms with E-state index in [0.717, 1.165) is 26.8 Å². The van der Waals surface area contributed by atoms with Crippen LogP contribution in [0.2, 0.25) is 0 Å². The van der Waals surface area contributed by atoms with Crippen LogP contribution in [0.25, 0.3) is 11.4 Å². The minimum absolute atomic E-state index is 0.0765. The second-order valence-corrected chi connectivity index (χ2v) is 10.0. The van der Waals surface area contributed by atoms with Crippen molar-refractivity contribution in [2.24, 2.45) is 0 Å². The number of carbonyl (C=O) groups is 1. The van der Waals surface area contributed by atoms with Crippen molar-refractivity contribution in [1.82, 2.24) is 24.6 Å². The van der Waals surface area contributed by atoms with Crippen LogP contribution in [0.5, 0.6) is 0 Å². The molecule has 1 amide bonds. The van der Waals surface area contributed by atoms with Gasteiger partial charge < -0.3 is 4.52 Å². The van der Waals surface area contributed by atoms with Crippen LogP contribution in [-0.4, -0.2) is 46.0 Å². The van der Waals surface area contributed by atoms with Crippen molar-refractivity contribution in [2.45, 2.75) is 17.8 Å². The van der Waals surface area contributed by atoms with Crippen LogP contribution in [0.3, 0.4) is 0 Å². The smallest absolute Gasteiger partial charge is 0.272 e. The summed E-state index contributed by atoms with van der Waals surface area (Å²) >= 11 is 0.758.